The minimum absolute atomic E-state index is 0.483. The predicted molar refractivity (Wildman–Crippen MR) is 92.9 cm³/mol. The molecule has 2 rings (SSSR count). The molecule has 1 aromatic rings. The topological polar surface area (TPSA) is 12.0 Å². The first-order chi connectivity index (χ1) is 9.77. The Bertz CT molecular complexity index is 450. The highest BCUT2D eigenvalue weighted by atomic mass is 14.9. The van der Waals surface area contributed by atoms with Crippen molar-refractivity contribution < 1.29 is 0 Å². The third-order valence-corrected chi connectivity index (χ3v) is 4.99. The lowest BCUT2D eigenvalue weighted by Crippen LogP contribution is -2.37. The molecule has 21 heavy (non-hydrogen) atoms. The Kier molecular flexibility index (Phi) is 5.14. The van der Waals surface area contributed by atoms with Crippen LogP contribution in [0.4, 0.5) is 0 Å². The molecule has 1 aliphatic carbocycles. The first-order valence-corrected chi connectivity index (χ1v) is 8.58. The van der Waals surface area contributed by atoms with Gasteiger partial charge in [-0.05, 0) is 62.5 Å². The molecule has 0 radical (unpaired) electrons. The van der Waals surface area contributed by atoms with Crippen LogP contribution in [0.25, 0.3) is 0 Å². The second-order valence-electron chi connectivity index (χ2n) is 8.26. The largest absolute Gasteiger partial charge is 0.314 e. The summed E-state index contributed by atoms with van der Waals surface area (Å²) in [6.45, 7) is 15.0. The van der Waals surface area contributed by atoms with E-state index in [1.54, 1.807) is 5.56 Å². The number of benzene rings is 1. The molecule has 0 amide bonds. The molecule has 0 spiro atoms. The van der Waals surface area contributed by atoms with E-state index in [1.165, 1.54) is 30.4 Å². The number of hydrogen-bond acceptors (Lipinski definition) is 1. The van der Waals surface area contributed by atoms with Gasteiger partial charge in [-0.2, -0.15) is 0 Å². The van der Waals surface area contributed by atoms with Gasteiger partial charge in [-0.1, -0.05) is 57.0 Å². The fourth-order valence-corrected chi connectivity index (χ4v) is 3.89. The standard InChI is InChI=1S/C20H33N/c1-14(2)21-13-17-7-8-20(5,6)12-19(17)18-10-15(3)9-16(4)11-18/h9-11,14,17,19,21H,7-8,12-13H2,1-6H3. The Morgan fingerprint density at radius 1 is 1.14 bits per heavy atom. The SMILES string of the molecule is Cc1cc(C)cc(C2CC(C)(C)CCC2CNC(C)C)c1. The zero-order valence-corrected chi connectivity index (χ0v) is 14.8. The molecule has 1 aliphatic rings. The van der Waals surface area contributed by atoms with Gasteiger partial charge >= 0.3 is 0 Å². The molecule has 1 fully saturated rings. The van der Waals surface area contributed by atoms with Gasteiger partial charge in [-0.25, -0.2) is 0 Å². The van der Waals surface area contributed by atoms with Crippen molar-refractivity contribution in [3.8, 4) is 0 Å². The van der Waals surface area contributed by atoms with Crippen LogP contribution in [-0.2, 0) is 0 Å². The average molecular weight is 287 g/mol. The first-order valence-electron chi connectivity index (χ1n) is 8.58. The summed E-state index contributed by atoms with van der Waals surface area (Å²) >= 11 is 0. The van der Waals surface area contributed by atoms with Gasteiger partial charge in [0.1, 0.15) is 0 Å². The molecular weight excluding hydrogens is 254 g/mol. The van der Waals surface area contributed by atoms with Crippen LogP contribution in [0.15, 0.2) is 18.2 Å². The van der Waals surface area contributed by atoms with Crippen LogP contribution in [0.2, 0.25) is 0 Å². The van der Waals surface area contributed by atoms with Crippen LogP contribution in [0, 0.1) is 25.2 Å². The van der Waals surface area contributed by atoms with E-state index in [-0.39, 0.29) is 0 Å². The van der Waals surface area contributed by atoms with Gasteiger partial charge in [0.15, 0.2) is 0 Å². The minimum Gasteiger partial charge on any atom is -0.314 e. The predicted octanol–water partition coefficient (Wildman–Crippen LogP) is 5.21. The maximum atomic E-state index is 3.67. The molecule has 1 N–H and O–H groups in total. The molecule has 0 saturated heterocycles. The van der Waals surface area contributed by atoms with Crippen LogP contribution < -0.4 is 5.32 Å². The van der Waals surface area contributed by atoms with Crippen LogP contribution in [0.1, 0.15) is 69.6 Å². The Balaban J connectivity index is 2.23. The third kappa shape index (κ3) is 4.57. The van der Waals surface area contributed by atoms with Crippen molar-refractivity contribution in [2.75, 3.05) is 6.54 Å². The second-order valence-corrected chi connectivity index (χ2v) is 8.26. The Morgan fingerprint density at radius 3 is 2.33 bits per heavy atom. The second kappa shape index (κ2) is 6.52. The van der Waals surface area contributed by atoms with Crippen LogP contribution in [0.5, 0.6) is 0 Å². The fraction of sp³-hybridized carbons (Fsp3) is 0.700. The molecule has 118 valence electrons. The van der Waals surface area contributed by atoms with Crippen LogP contribution in [-0.4, -0.2) is 12.6 Å². The van der Waals surface area contributed by atoms with Gasteiger partial charge in [0.05, 0.1) is 0 Å². The van der Waals surface area contributed by atoms with Gasteiger partial charge in [0.2, 0.25) is 0 Å². The highest BCUT2D eigenvalue weighted by Gasteiger charge is 2.35. The molecule has 0 aliphatic heterocycles. The van der Waals surface area contributed by atoms with Crippen molar-refractivity contribution in [2.24, 2.45) is 11.3 Å². The first kappa shape index (κ1) is 16.5. The summed E-state index contributed by atoms with van der Waals surface area (Å²) in [7, 11) is 0. The summed E-state index contributed by atoms with van der Waals surface area (Å²) in [6.07, 6.45) is 4.03. The monoisotopic (exact) mass is 287 g/mol. The van der Waals surface area contributed by atoms with Gasteiger partial charge in [0, 0.05) is 6.04 Å². The van der Waals surface area contributed by atoms with E-state index in [2.05, 4.69) is 65.1 Å². The van der Waals surface area contributed by atoms with Crippen LogP contribution >= 0.6 is 0 Å². The zero-order chi connectivity index (χ0) is 15.6. The summed E-state index contributed by atoms with van der Waals surface area (Å²) in [4.78, 5) is 0. The molecular formula is C20H33N. The van der Waals surface area contributed by atoms with E-state index in [0.717, 1.165) is 12.5 Å². The fourth-order valence-electron chi connectivity index (χ4n) is 3.89. The highest BCUT2D eigenvalue weighted by molar-refractivity contribution is 5.32. The Morgan fingerprint density at radius 2 is 1.76 bits per heavy atom. The van der Waals surface area contributed by atoms with Gasteiger partial charge in [-0.3, -0.25) is 0 Å². The molecule has 1 nitrogen and oxygen atoms in total. The highest BCUT2D eigenvalue weighted by Crippen LogP contribution is 2.46. The lowest BCUT2D eigenvalue weighted by Gasteiger charge is -2.41. The lowest BCUT2D eigenvalue weighted by atomic mass is 9.65. The average Bonchev–Trinajstić information content (AvgIpc) is 2.35. The summed E-state index contributed by atoms with van der Waals surface area (Å²) in [5.74, 6) is 1.49. The van der Waals surface area contributed by atoms with E-state index in [4.69, 9.17) is 0 Å². The van der Waals surface area contributed by atoms with Crippen molar-refractivity contribution >= 4 is 0 Å². The van der Waals surface area contributed by atoms with E-state index in [0.29, 0.717) is 17.4 Å². The zero-order valence-electron chi connectivity index (χ0n) is 14.8. The number of hydrogen-bond donors (Lipinski definition) is 1. The maximum absolute atomic E-state index is 3.67. The van der Waals surface area contributed by atoms with Gasteiger partial charge in [-0.15, -0.1) is 0 Å². The number of rotatable bonds is 4. The molecule has 0 aromatic heterocycles. The van der Waals surface area contributed by atoms with E-state index in [9.17, 15) is 0 Å². The molecule has 0 bridgehead atoms. The van der Waals surface area contributed by atoms with E-state index < -0.39 is 0 Å². The van der Waals surface area contributed by atoms with Crippen LogP contribution in [0.3, 0.4) is 0 Å². The van der Waals surface area contributed by atoms with Crippen molar-refractivity contribution in [2.45, 2.75) is 72.8 Å². The summed E-state index contributed by atoms with van der Waals surface area (Å²) in [5, 5.41) is 3.67. The molecule has 0 heterocycles. The van der Waals surface area contributed by atoms with Gasteiger partial charge in [0.25, 0.3) is 0 Å². The van der Waals surface area contributed by atoms with Crippen molar-refractivity contribution in [1.29, 1.82) is 0 Å². The Labute approximate surface area is 131 Å². The molecule has 2 unspecified atom stereocenters. The normalized spacial score (nSPS) is 25.3. The Hall–Kier alpha value is -0.820. The van der Waals surface area contributed by atoms with E-state index in [1.807, 2.05) is 0 Å². The van der Waals surface area contributed by atoms with Crippen molar-refractivity contribution in [3.05, 3.63) is 34.9 Å². The third-order valence-electron chi connectivity index (χ3n) is 4.99. The molecule has 1 aromatic carbocycles. The maximum Gasteiger partial charge on any atom is 0.00104 e. The quantitative estimate of drug-likeness (QED) is 0.801. The van der Waals surface area contributed by atoms with Crippen molar-refractivity contribution in [1.82, 2.24) is 5.32 Å². The minimum atomic E-state index is 0.483. The number of nitrogens with one attached hydrogen (secondary N) is 1. The van der Waals surface area contributed by atoms with Gasteiger partial charge < -0.3 is 5.32 Å². The summed E-state index contributed by atoms with van der Waals surface area (Å²) in [5.41, 5.74) is 4.86. The number of aryl methyl sites for hydroxylation is 2. The molecule has 1 saturated carbocycles. The molecule has 1 heteroatoms. The summed E-state index contributed by atoms with van der Waals surface area (Å²) < 4.78 is 0. The van der Waals surface area contributed by atoms with Crippen molar-refractivity contribution in [3.63, 3.8) is 0 Å². The van der Waals surface area contributed by atoms with E-state index >= 15 is 0 Å². The lowest BCUT2D eigenvalue weighted by molar-refractivity contribution is 0.158. The summed E-state index contributed by atoms with van der Waals surface area (Å²) in [6, 6.07) is 7.71. The molecule has 2 atom stereocenters. The smallest absolute Gasteiger partial charge is 0.00104 e.